The van der Waals surface area contributed by atoms with Crippen molar-refractivity contribution in [3.05, 3.63) is 59.1 Å². The van der Waals surface area contributed by atoms with E-state index in [1.54, 1.807) is 25.1 Å². The van der Waals surface area contributed by atoms with E-state index in [1.807, 2.05) is 42.1 Å². The number of para-hydroxylation sites is 2. The Hall–Kier alpha value is -2.47. The van der Waals surface area contributed by atoms with Crippen LogP contribution in [0, 0.1) is 0 Å². The van der Waals surface area contributed by atoms with Gasteiger partial charge < -0.3 is 9.73 Å². The number of amides is 1. The molecule has 2 aromatic carbocycles. The number of carbonyl (C=O) groups is 1. The quantitative estimate of drug-likeness (QED) is 0.686. The first kappa shape index (κ1) is 17.9. The average molecular weight is 382 g/mol. The summed E-state index contributed by atoms with van der Waals surface area (Å²) in [6.07, 6.45) is 5.22. The molecule has 140 valence electrons. The minimum absolute atomic E-state index is 0.250. The maximum atomic E-state index is 12.7. The lowest BCUT2D eigenvalue weighted by Gasteiger charge is -2.14. The first-order valence-electron chi connectivity index (χ1n) is 9.29. The van der Waals surface area contributed by atoms with E-state index in [9.17, 15) is 9.59 Å². The number of benzene rings is 2. The Labute approximate surface area is 161 Å². The Morgan fingerprint density at radius 3 is 2.59 bits per heavy atom. The predicted octanol–water partition coefficient (Wildman–Crippen LogP) is 4.83. The molecule has 5 nitrogen and oxygen atoms in total. The average Bonchev–Trinajstić information content (AvgIpc) is 3.29. The van der Waals surface area contributed by atoms with Gasteiger partial charge in [0.25, 0.3) is 0 Å². The summed E-state index contributed by atoms with van der Waals surface area (Å²) in [5, 5.41) is 3.61. The summed E-state index contributed by atoms with van der Waals surface area (Å²) in [4.78, 5) is 26.0. The molecule has 1 amide bonds. The van der Waals surface area contributed by atoms with Crippen LogP contribution >= 0.6 is 11.8 Å². The highest BCUT2D eigenvalue weighted by molar-refractivity contribution is 8.00. The number of aromatic nitrogens is 1. The van der Waals surface area contributed by atoms with Crippen molar-refractivity contribution < 1.29 is 9.21 Å². The van der Waals surface area contributed by atoms with Crippen molar-refractivity contribution in [1.29, 1.82) is 0 Å². The molecule has 1 N–H and O–H groups in total. The number of fused-ring (bicyclic) bond motifs is 1. The molecule has 1 heterocycles. The molecule has 0 unspecified atom stereocenters. The van der Waals surface area contributed by atoms with Gasteiger partial charge in [-0.1, -0.05) is 25.0 Å². The largest absolute Gasteiger partial charge is 0.420 e. The third-order valence-electron chi connectivity index (χ3n) is 5.01. The Bertz CT molecular complexity index is 1000. The van der Waals surface area contributed by atoms with Crippen LogP contribution < -0.4 is 11.1 Å². The van der Waals surface area contributed by atoms with Gasteiger partial charge in [0.15, 0.2) is 5.58 Å². The lowest BCUT2D eigenvalue weighted by atomic mass is 10.2. The van der Waals surface area contributed by atoms with E-state index in [2.05, 4.69) is 5.32 Å². The maximum absolute atomic E-state index is 12.7. The number of hydrogen-bond donors (Lipinski definition) is 1. The molecular formula is C21H22N2O3S. The highest BCUT2D eigenvalue weighted by atomic mass is 32.2. The van der Waals surface area contributed by atoms with Gasteiger partial charge in [-0.05, 0) is 56.2 Å². The van der Waals surface area contributed by atoms with E-state index in [0.29, 0.717) is 16.3 Å². The number of carbonyl (C=O) groups excluding carboxylic acids is 1. The van der Waals surface area contributed by atoms with E-state index in [0.717, 1.165) is 5.69 Å². The van der Waals surface area contributed by atoms with E-state index in [-0.39, 0.29) is 5.91 Å². The van der Waals surface area contributed by atoms with Crippen LogP contribution in [0.4, 0.5) is 5.69 Å². The molecule has 0 saturated heterocycles. The fourth-order valence-corrected chi connectivity index (χ4v) is 4.78. The first-order valence-corrected chi connectivity index (χ1v) is 10.2. The van der Waals surface area contributed by atoms with Crippen molar-refractivity contribution in [2.45, 2.75) is 48.8 Å². The van der Waals surface area contributed by atoms with Crippen LogP contribution in [0.2, 0.25) is 0 Å². The van der Waals surface area contributed by atoms with Gasteiger partial charge in [-0.25, -0.2) is 4.79 Å². The third-order valence-corrected chi connectivity index (χ3v) is 6.36. The molecule has 0 bridgehead atoms. The van der Waals surface area contributed by atoms with Crippen LogP contribution in [0.3, 0.4) is 0 Å². The molecule has 4 rings (SSSR count). The van der Waals surface area contributed by atoms with Gasteiger partial charge in [-0.15, -0.1) is 11.8 Å². The van der Waals surface area contributed by atoms with Crippen LogP contribution in [0.1, 0.15) is 38.6 Å². The minimum atomic E-state index is -0.673. The van der Waals surface area contributed by atoms with Gasteiger partial charge in [-0.2, -0.15) is 0 Å². The Kier molecular flexibility index (Phi) is 5.07. The minimum Gasteiger partial charge on any atom is -0.408 e. The molecule has 1 aliphatic carbocycles. The summed E-state index contributed by atoms with van der Waals surface area (Å²) in [7, 11) is 0. The molecule has 6 heteroatoms. The zero-order chi connectivity index (χ0) is 18.8. The second kappa shape index (κ2) is 7.64. The van der Waals surface area contributed by atoms with Gasteiger partial charge in [0.05, 0.1) is 5.52 Å². The number of nitrogens with one attached hydrogen (secondary N) is 1. The molecule has 1 atom stereocenters. The molecule has 0 spiro atoms. The molecule has 3 aromatic rings. The Balaban J connectivity index is 1.46. The molecule has 0 radical (unpaired) electrons. The first-order chi connectivity index (χ1) is 13.1. The zero-order valence-corrected chi connectivity index (χ0v) is 16.0. The summed E-state index contributed by atoms with van der Waals surface area (Å²) in [6.45, 7) is 1.70. The summed E-state index contributed by atoms with van der Waals surface area (Å²) >= 11 is 1.92. The van der Waals surface area contributed by atoms with Gasteiger partial charge in [-0.3, -0.25) is 9.36 Å². The molecule has 1 fully saturated rings. The van der Waals surface area contributed by atoms with Gasteiger partial charge in [0.1, 0.15) is 6.04 Å². The van der Waals surface area contributed by atoms with Crippen molar-refractivity contribution in [1.82, 2.24) is 4.57 Å². The molecular weight excluding hydrogens is 360 g/mol. The van der Waals surface area contributed by atoms with Crippen molar-refractivity contribution in [2.75, 3.05) is 5.32 Å². The topological polar surface area (TPSA) is 64.2 Å². The van der Waals surface area contributed by atoms with E-state index < -0.39 is 11.8 Å². The molecule has 1 aromatic heterocycles. The lowest BCUT2D eigenvalue weighted by Crippen LogP contribution is -2.29. The highest BCUT2D eigenvalue weighted by Gasteiger charge is 2.21. The van der Waals surface area contributed by atoms with Crippen LogP contribution in [-0.2, 0) is 4.79 Å². The number of anilines is 1. The van der Waals surface area contributed by atoms with Crippen molar-refractivity contribution in [2.24, 2.45) is 0 Å². The highest BCUT2D eigenvalue weighted by Crippen LogP contribution is 2.35. The molecule has 0 aliphatic heterocycles. The lowest BCUT2D eigenvalue weighted by molar-refractivity contribution is -0.118. The maximum Gasteiger partial charge on any atom is 0.420 e. The number of hydrogen-bond acceptors (Lipinski definition) is 4. The number of oxazole rings is 1. The van der Waals surface area contributed by atoms with E-state index in [4.69, 9.17) is 4.42 Å². The van der Waals surface area contributed by atoms with Crippen molar-refractivity contribution in [3.63, 3.8) is 0 Å². The second-order valence-corrected chi connectivity index (χ2v) is 8.29. The summed E-state index contributed by atoms with van der Waals surface area (Å²) in [6, 6.07) is 14.4. The van der Waals surface area contributed by atoms with Crippen LogP contribution in [0.25, 0.3) is 11.1 Å². The van der Waals surface area contributed by atoms with Crippen LogP contribution in [0.5, 0.6) is 0 Å². The SMILES string of the molecule is C[C@H](C(=O)Nc1ccc(SC2CCCC2)cc1)n1c(=O)oc2ccccc21. The number of thioether (sulfide) groups is 1. The monoisotopic (exact) mass is 382 g/mol. The van der Waals surface area contributed by atoms with Gasteiger partial charge >= 0.3 is 5.76 Å². The molecule has 1 saturated carbocycles. The van der Waals surface area contributed by atoms with Crippen LogP contribution in [-0.4, -0.2) is 15.7 Å². The zero-order valence-electron chi connectivity index (χ0n) is 15.2. The van der Waals surface area contributed by atoms with E-state index in [1.165, 1.54) is 35.1 Å². The summed E-state index contributed by atoms with van der Waals surface area (Å²) < 4.78 is 6.61. The van der Waals surface area contributed by atoms with Gasteiger partial charge in [0, 0.05) is 15.8 Å². The Morgan fingerprint density at radius 2 is 1.85 bits per heavy atom. The van der Waals surface area contributed by atoms with Gasteiger partial charge in [0.2, 0.25) is 5.91 Å². The summed E-state index contributed by atoms with van der Waals surface area (Å²) in [5.41, 5.74) is 1.83. The fourth-order valence-electron chi connectivity index (χ4n) is 3.53. The smallest absolute Gasteiger partial charge is 0.408 e. The third kappa shape index (κ3) is 3.81. The Morgan fingerprint density at radius 1 is 1.15 bits per heavy atom. The molecule has 27 heavy (non-hydrogen) atoms. The fraction of sp³-hybridized carbons (Fsp3) is 0.333. The van der Waals surface area contributed by atoms with Crippen molar-refractivity contribution >= 4 is 34.5 Å². The van der Waals surface area contributed by atoms with Crippen molar-refractivity contribution in [3.8, 4) is 0 Å². The summed E-state index contributed by atoms with van der Waals surface area (Å²) in [5.74, 6) is -0.776. The van der Waals surface area contributed by atoms with Crippen LogP contribution in [0.15, 0.2) is 62.6 Å². The van der Waals surface area contributed by atoms with E-state index >= 15 is 0 Å². The number of nitrogens with zero attached hydrogens (tertiary/aromatic N) is 1. The number of rotatable bonds is 5. The molecule has 1 aliphatic rings. The predicted molar refractivity (Wildman–Crippen MR) is 108 cm³/mol. The second-order valence-electron chi connectivity index (χ2n) is 6.92. The normalized spacial score (nSPS) is 15.9. The standard InChI is InChI=1S/C21H22N2O3S/c1-14(23-18-8-4-5-9-19(18)26-21(23)25)20(24)22-15-10-12-17(13-11-15)27-16-6-2-3-7-16/h4-5,8-14,16H,2-3,6-7H2,1H3,(H,22,24)/t14-/m1/s1.